The zero-order valence-electron chi connectivity index (χ0n) is 17.3. The third-order valence-corrected chi connectivity index (χ3v) is 5.58. The van der Waals surface area contributed by atoms with Gasteiger partial charge in [0.15, 0.2) is 5.82 Å². The smallest absolute Gasteiger partial charge is 0.295 e. The molecular formula is C24H20Cl2N4O. The summed E-state index contributed by atoms with van der Waals surface area (Å²) in [5.41, 5.74) is 5.12. The van der Waals surface area contributed by atoms with Gasteiger partial charge in [-0.25, -0.2) is 9.67 Å². The van der Waals surface area contributed by atoms with E-state index in [0.29, 0.717) is 21.6 Å². The summed E-state index contributed by atoms with van der Waals surface area (Å²) in [5.74, 6) is 0.148. The van der Waals surface area contributed by atoms with Gasteiger partial charge in [0.2, 0.25) is 5.82 Å². The Morgan fingerprint density at radius 3 is 2.45 bits per heavy atom. The molecule has 1 aromatic heterocycles. The molecule has 0 aliphatic carbocycles. The predicted octanol–water partition coefficient (Wildman–Crippen LogP) is 6.42. The molecule has 1 heterocycles. The molecule has 4 rings (SSSR count). The van der Waals surface area contributed by atoms with Crippen LogP contribution in [0.2, 0.25) is 10.0 Å². The van der Waals surface area contributed by atoms with Crippen molar-refractivity contribution in [1.29, 1.82) is 0 Å². The molecule has 31 heavy (non-hydrogen) atoms. The Hall–Kier alpha value is -3.15. The number of rotatable bonds is 4. The number of nitrogens with one attached hydrogen (secondary N) is 1. The molecule has 0 atom stereocenters. The van der Waals surface area contributed by atoms with Crippen LogP contribution in [0.1, 0.15) is 27.3 Å². The molecule has 7 heteroatoms. The fourth-order valence-electron chi connectivity index (χ4n) is 3.16. The van der Waals surface area contributed by atoms with Crippen molar-refractivity contribution in [2.24, 2.45) is 0 Å². The van der Waals surface area contributed by atoms with Gasteiger partial charge in [-0.1, -0.05) is 53.5 Å². The SMILES string of the molecule is Cc1ccc(C)c(NC(=O)c2nc(-c3cccc(Cl)c3)n(-c3ccc(C)c(Cl)c3)n2)c1. The number of anilines is 1. The van der Waals surface area contributed by atoms with Crippen LogP contribution in [0.3, 0.4) is 0 Å². The lowest BCUT2D eigenvalue weighted by atomic mass is 10.1. The highest BCUT2D eigenvalue weighted by atomic mass is 35.5. The number of nitrogens with zero attached hydrogens (tertiary/aromatic N) is 3. The van der Waals surface area contributed by atoms with Gasteiger partial charge < -0.3 is 5.32 Å². The molecule has 0 aliphatic rings. The topological polar surface area (TPSA) is 59.8 Å². The summed E-state index contributed by atoms with van der Waals surface area (Å²) in [6.45, 7) is 5.83. The Balaban J connectivity index is 1.80. The lowest BCUT2D eigenvalue weighted by Crippen LogP contribution is -2.15. The fourth-order valence-corrected chi connectivity index (χ4v) is 3.53. The predicted molar refractivity (Wildman–Crippen MR) is 125 cm³/mol. The minimum atomic E-state index is -0.395. The minimum Gasteiger partial charge on any atom is -0.319 e. The van der Waals surface area contributed by atoms with Crippen molar-refractivity contribution in [3.8, 4) is 17.1 Å². The van der Waals surface area contributed by atoms with Gasteiger partial charge in [-0.3, -0.25) is 4.79 Å². The Kier molecular flexibility index (Phi) is 5.81. The monoisotopic (exact) mass is 450 g/mol. The number of aryl methyl sites for hydroxylation is 3. The molecule has 3 aromatic carbocycles. The molecule has 0 saturated heterocycles. The van der Waals surface area contributed by atoms with E-state index in [4.69, 9.17) is 23.2 Å². The Morgan fingerprint density at radius 2 is 1.71 bits per heavy atom. The molecule has 5 nitrogen and oxygen atoms in total. The minimum absolute atomic E-state index is 0.0487. The van der Waals surface area contributed by atoms with Gasteiger partial charge in [0.25, 0.3) is 5.91 Å². The normalized spacial score (nSPS) is 10.9. The third kappa shape index (κ3) is 4.48. The summed E-state index contributed by atoms with van der Waals surface area (Å²) < 4.78 is 1.61. The molecule has 0 saturated carbocycles. The van der Waals surface area contributed by atoms with Gasteiger partial charge in [0, 0.05) is 21.3 Å². The second-order valence-electron chi connectivity index (χ2n) is 7.39. The van der Waals surface area contributed by atoms with Crippen LogP contribution in [0.4, 0.5) is 5.69 Å². The highest BCUT2D eigenvalue weighted by Crippen LogP contribution is 2.27. The van der Waals surface area contributed by atoms with Crippen molar-refractivity contribution in [2.45, 2.75) is 20.8 Å². The Morgan fingerprint density at radius 1 is 0.935 bits per heavy atom. The highest BCUT2D eigenvalue weighted by Gasteiger charge is 2.20. The van der Waals surface area contributed by atoms with E-state index >= 15 is 0 Å². The average Bonchev–Trinajstić information content (AvgIpc) is 3.18. The quantitative estimate of drug-likeness (QED) is 0.390. The van der Waals surface area contributed by atoms with Gasteiger partial charge in [-0.15, -0.1) is 5.10 Å². The number of carbonyl (C=O) groups is 1. The van der Waals surface area contributed by atoms with E-state index < -0.39 is 5.91 Å². The summed E-state index contributed by atoms with van der Waals surface area (Å²) in [7, 11) is 0. The maximum Gasteiger partial charge on any atom is 0.295 e. The molecule has 0 aliphatic heterocycles. The number of hydrogen-bond donors (Lipinski definition) is 1. The van der Waals surface area contributed by atoms with E-state index in [-0.39, 0.29) is 5.82 Å². The molecule has 0 fully saturated rings. The zero-order valence-corrected chi connectivity index (χ0v) is 18.8. The number of amides is 1. The van der Waals surface area contributed by atoms with Crippen LogP contribution >= 0.6 is 23.2 Å². The second-order valence-corrected chi connectivity index (χ2v) is 8.23. The maximum absolute atomic E-state index is 13.0. The first-order valence-electron chi connectivity index (χ1n) is 9.70. The molecular weight excluding hydrogens is 431 g/mol. The molecule has 4 aromatic rings. The number of benzene rings is 3. The summed E-state index contributed by atoms with van der Waals surface area (Å²) in [6, 6.07) is 18.7. The maximum atomic E-state index is 13.0. The fraction of sp³-hybridized carbons (Fsp3) is 0.125. The van der Waals surface area contributed by atoms with Crippen LogP contribution in [0.25, 0.3) is 17.1 Å². The number of hydrogen-bond acceptors (Lipinski definition) is 3. The number of aromatic nitrogens is 3. The Bertz CT molecular complexity index is 1300. The number of halogens is 2. The first kappa shape index (κ1) is 21.1. The van der Waals surface area contributed by atoms with E-state index in [1.54, 1.807) is 22.9 Å². The van der Waals surface area contributed by atoms with Crippen molar-refractivity contribution in [2.75, 3.05) is 5.32 Å². The van der Waals surface area contributed by atoms with E-state index in [2.05, 4.69) is 15.4 Å². The van der Waals surface area contributed by atoms with Crippen LogP contribution in [-0.2, 0) is 0 Å². The second kappa shape index (κ2) is 8.53. The molecule has 0 unspecified atom stereocenters. The van der Waals surface area contributed by atoms with Crippen molar-refractivity contribution in [3.05, 3.63) is 93.2 Å². The van der Waals surface area contributed by atoms with Crippen LogP contribution in [0.15, 0.2) is 60.7 Å². The first-order chi connectivity index (χ1) is 14.8. The summed E-state index contributed by atoms with van der Waals surface area (Å²) in [5, 5.41) is 8.58. The van der Waals surface area contributed by atoms with Crippen LogP contribution in [-0.4, -0.2) is 20.7 Å². The molecule has 1 N–H and O–H groups in total. The van der Waals surface area contributed by atoms with Gasteiger partial charge in [0.1, 0.15) is 0 Å². The van der Waals surface area contributed by atoms with Gasteiger partial charge in [0.05, 0.1) is 5.69 Å². The third-order valence-electron chi connectivity index (χ3n) is 4.93. The van der Waals surface area contributed by atoms with Crippen molar-refractivity contribution >= 4 is 34.8 Å². The first-order valence-corrected chi connectivity index (χ1v) is 10.5. The lowest BCUT2D eigenvalue weighted by Gasteiger charge is -2.08. The standard InChI is InChI=1S/C24H20Cl2N4O/c1-14-7-8-16(3)21(11-14)27-24(31)22-28-23(17-5-4-6-18(25)12-17)30(29-22)19-10-9-15(2)20(26)13-19/h4-13H,1-3H3,(H,27,31). The van der Waals surface area contributed by atoms with E-state index in [1.165, 1.54) is 0 Å². The van der Waals surface area contributed by atoms with Gasteiger partial charge in [-0.05, 0) is 67.8 Å². The molecule has 0 spiro atoms. The summed E-state index contributed by atoms with van der Waals surface area (Å²) >= 11 is 12.5. The van der Waals surface area contributed by atoms with Crippen LogP contribution < -0.4 is 5.32 Å². The summed E-state index contributed by atoms with van der Waals surface area (Å²) in [6.07, 6.45) is 0. The average molecular weight is 451 g/mol. The number of carbonyl (C=O) groups excluding carboxylic acids is 1. The molecule has 0 bridgehead atoms. The molecule has 0 radical (unpaired) electrons. The highest BCUT2D eigenvalue weighted by molar-refractivity contribution is 6.31. The van der Waals surface area contributed by atoms with E-state index in [1.807, 2.05) is 63.2 Å². The van der Waals surface area contributed by atoms with Crippen LogP contribution in [0, 0.1) is 20.8 Å². The lowest BCUT2D eigenvalue weighted by molar-refractivity contribution is 0.101. The molecule has 156 valence electrons. The Labute approximate surface area is 190 Å². The van der Waals surface area contributed by atoms with Crippen molar-refractivity contribution < 1.29 is 4.79 Å². The zero-order chi connectivity index (χ0) is 22.1. The molecule has 1 amide bonds. The van der Waals surface area contributed by atoms with E-state index in [0.717, 1.165) is 27.9 Å². The van der Waals surface area contributed by atoms with Crippen molar-refractivity contribution in [3.63, 3.8) is 0 Å². The van der Waals surface area contributed by atoms with Gasteiger partial charge >= 0.3 is 0 Å². The largest absolute Gasteiger partial charge is 0.319 e. The van der Waals surface area contributed by atoms with E-state index in [9.17, 15) is 4.79 Å². The van der Waals surface area contributed by atoms with Crippen LogP contribution in [0.5, 0.6) is 0 Å². The van der Waals surface area contributed by atoms with Crippen molar-refractivity contribution in [1.82, 2.24) is 14.8 Å². The summed E-state index contributed by atoms with van der Waals surface area (Å²) in [4.78, 5) is 17.5. The van der Waals surface area contributed by atoms with Gasteiger partial charge in [-0.2, -0.15) is 0 Å².